The number of rotatable bonds is 3. The maximum Gasteiger partial charge on any atom is 0.0716 e. The van der Waals surface area contributed by atoms with Gasteiger partial charge in [0.1, 0.15) is 0 Å². The molecule has 1 aromatic carbocycles. The van der Waals surface area contributed by atoms with Crippen LogP contribution in [0.2, 0.25) is 0 Å². The summed E-state index contributed by atoms with van der Waals surface area (Å²) in [6, 6.07) is 9.93. The lowest BCUT2D eigenvalue weighted by Gasteiger charge is -1.98. The molecule has 0 aliphatic rings. The molecular weight excluding hydrogens is 200 g/mol. The van der Waals surface area contributed by atoms with Crippen molar-refractivity contribution in [1.82, 2.24) is 0 Å². The molecule has 0 amide bonds. The maximum absolute atomic E-state index is 11.2. The van der Waals surface area contributed by atoms with Crippen LogP contribution in [0.25, 0.3) is 6.08 Å². The first-order valence-electron chi connectivity index (χ1n) is 3.88. The molecule has 0 fully saturated rings. The fourth-order valence-electron chi connectivity index (χ4n) is 0.945. The molecule has 0 aromatic heterocycles. The predicted octanol–water partition coefficient (Wildman–Crippen LogP) is 2.73. The molecule has 0 bridgehead atoms. The van der Waals surface area contributed by atoms with E-state index in [1.54, 1.807) is 6.26 Å². The molecule has 0 saturated carbocycles. The van der Waals surface area contributed by atoms with Crippen molar-refractivity contribution in [2.24, 2.45) is 0 Å². The molecule has 0 aliphatic heterocycles. The molecule has 1 rings (SSSR count). The third-order valence-electron chi connectivity index (χ3n) is 1.57. The van der Waals surface area contributed by atoms with Crippen LogP contribution in [0, 0.1) is 0 Å². The monoisotopic (exact) mass is 212 g/mol. The molecule has 1 aromatic rings. The van der Waals surface area contributed by atoms with E-state index in [-0.39, 0.29) is 0 Å². The van der Waals surface area contributed by atoms with Gasteiger partial charge in [0, 0.05) is 6.26 Å². The lowest BCUT2D eigenvalue weighted by molar-refractivity contribution is 0.691. The second kappa shape index (κ2) is 5.25. The standard InChI is InChI=1S/C10H12OS2/c1-12-10(13(2)11)8-9-6-4-3-5-7-9/h3-8H,1-2H3/b10-8+. The van der Waals surface area contributed by atoms with Crippen LogP contribution in [0.5, 0.6) is 0 Å². The molecule has 1 atom stereocenters. The highest BCUT2D eigenvalue weighted by molar-refractivity contribution is 8.16. The van der Waals surface area contributed by atoms with Crippen molar-refractivity contribution in [3.8, 4) is 0 Å². The molecule has 3 heteroatoms. The minimum absolute atomic E-state index is 0.880. The quantitative estimate of drug-likeness (QED) is 0.766. The van der Waals surface area contributed by atoms with Crippen molar-refractivity contribution in [1.29, 1.82) is 0 Å². The first-order chi connectivity index (χ1) is 6.24. The van der Waals surface area contributed by atoms with Gasteiger partial charge in [0.25, 0.3) is 0 Å². The molecule has 0 saturated heterocycles. The van der Waals surface area contributed by atoms with E-state index >= 15 is 0 Å². The molecule has 70 valence electrons. The predicted molar refractivity (Wildman–Crippen MR) is 62.0 cm³/mol. The van der Waals surface area contributed by atoms with Crippen LogP contribution >= 0.6 is 11.8 Å². The van der Waals surface area contributed by atoms with Crippen LogP contribution in [-0.2, 0) is 10.8 Å². The van der Waals surface area contributed by atoms with E-state index in [9.17, 15) is 4.21 Å². The molecule has 0 heterocycles. The summed E-state index contributed by atoms with van der Waals surface area (Å²) >= 11 is 1.53. The fraction of sp³-hybridized carbons (Fsp3) is 0.200. The second-order valence-corrected chi connectivity index (χ2v) is 4.99. The molecule has 0 radical (unpaired) electrons. The average Bonchev–Trinajstić information content (AvgIpc) is 2.15. The van der Waals surface area contributed by atoms with Gasteiger partial charge in [-0.05, 0) is 17.9 Å². The van der Waals surface area contributed by atoms with Crippen LogP contribution in [0.1, 0.15) is 5.56 Å². The molecule has 1 unspecified atom stereocenters. The zero-order valence-electron chi connectivity index (χ0n) is 7.69. The third-order valence-corrected chi connectivity index (χ3v) is 3.98. The topological polar surface area (TPSA) is 17.1 Å². The summed E-state index contributed by atoms with van der Waals surface area (Å²) in [6.07, 6.45) is 5.60. The Kier molecular flexibility index (Phi) is 4.25. The van der Waals surface area contributed by atoms with Gasteiger partial charge in [-0.3, -0.25) is 4.21 Å². The zero-order chi connectivity index (χ0) is 9.68. The van der Waals surface area contributed by atoms with Crippen LogP contribution < -0.4 is 0 Å². The Morgan fingerprint density at radius 1 is 1.38 bits per heavy atom. The van der Waals surface area contributed by atoms with Gasteiger partial charge in [0.2, 0.25) is 0 Å². The highest BCUT2D eigenvalue weighted by atomic mass is 32.2. The van der Waals surface area contributed by atoms with E-state index in [4.69, 9.17) is 0 Å². The minimum atomic E-state index is -0.880. The van der Waals surface area contributed by atoms with Crippen LogP contribution in [0.15, 0.2) is 34.6 Å². The summed E-state index contributed by atoms with van der Waals surface area (Å²) in [5, 5.41) is 0. The van der Waals surface area contributed by atoms with Gasteiger partial charge < -0.3 is 0 Å². The summed E-state index contributed by atoms with van der Waals surface area (Å²) in [6.45, 7) is 0. The Morgan fingerprint density at radius 2 is 2.00 bits per heavy atom. The Balaban J connectivity index is 2.92. The Bertz CT molecular complexity index is 317. The van der Waals surface area contributed by atoms with Gasteiger partial charge in [-0.15, -0.1) is 11.8 Å². The van der Waals surface area contributed by atoms with Crippen molar-refractivity contribution in [2.45, 2.75) is 0 Å². The van der Waals surface area contributed by atoms with Crippen LogP contribution in [0.4, 0.5) is 0 Å². The summed E-state index contributed by atoms with van der Waals surface area (Å²) in [7, 11) is -0.880. The third kappa shape index (κ3) is 3.36. The van der Waals surface area contributed by atoms with Gasteiger partial charge in [0.05, 0.1) is 15.0 Å². The van der Waals surface area contributed by atoms with E-state index in [2.05, 4.69) is 0 Å². The first kappa shape index (κ1) is 10.5. The number of thioether (sulfide) groups is 1. The Morgan fingerprint density at radius 3 is 2.46 bits per heavy atom. The summed E-state index contributed by atoms with van der Waals surface area (Å²) in [5.41, 5.74) is 1.10. The van der Waals surface area contributed by atoms with Crippen molar-refractivity contribution < 1.29 is 4.21 Å². The van der Waals surface area contributed by atoms with Gasteiger partial charge in [0.15, 0.2) is 0 Å². The Hall–Kier alpha value is -0.540. The van der Waals surface area contributed by atoms with E-state index in [0.717, 1.165) is 9.80 Å². The van der Waals surface area contributed by atoms with E-state index in [1.165, 1.54) is 11.8 Å². The molecule has 0 aliphatic carbocycles. The van der Waals surface area contributed by atoms with E-state index in [0.29, 0.717) is 0 Å². The van der Waals surface area contributed by atoms with Crippen LogP contribution in [-0.4, -0.2) is 16.7 Å². The largest absolute Gasteiger partial charge is 0.254 e. The van der Waals surface area contributed by atoms with Gasteiger partial charge in [-0.1, -0.05) is 30.3 Å². The molecule has 13 heavy (non-hydrogen) atoms. The van der Waals surface area contributed by atoms with Gasteiger partial charge >= 0.3 is 0 Å². The fourth-order valence-corrected chi connectivity index (χ4v) is 2.44. The minimum Gasteiger partial charge on any atom is -0.254 e. The number of benzene rings is 1. The number of hydrogen-bond donors (Lipinski definition) is 0. The second-order valence-electron chi connectivity index (χ2n) is 2.53. The SMILES string of the molecule is CS/C(=C\c1ccccc1)S(C)=O. The molecule has 0 spiro atoms. The summed E-state index contributed by atoms with van der Waals surface area (Å²) in [5.74, 6) is 0. The van der Waals surface area contributed by atoms with Crippen molar-refractivity contribution in [3.63, 3.8) is 0 Å². The molecular formula is C10H12OS2. The molecule has 1 nitrogen and oxygen atoms in total. The first-order valence-corrected chi connectivity index (χ1v) is 6.66. The molecule has 0 N–H and O–H groups in total. The van der Waals surface area contributed by atoms with Crippen molar-refractivity contribution in [3.05, 3.63) is 40.1 Å². The smallest absolute Gasteiger partial charge is 0.0716 e. The van der Waals surface area contributed by atoms with Crippen molar-refractivity contribution >= 4 is 28.6 Å². The van der Waals surface area contributed by atoms with E-state index < -0.39 is 10.8 Å². The highest BCUT2D eigenvalue weighted by Gasteiger charge is 1.99. The average molecular weight is 212 g/mol. The summed E-state index contributed by atoms with van der Waals surface area (Å²) in [4.78, 5) is 0. The lowest BCUT2D eigenvalue weighted by Crippen LogP contribution is -1.86. The lowest BCUT2D eigenvalue weighted by atomic mass is 10.2. The van der Waals surface area contributed by atoms with Gasteiger partial charge in [-0.25, -0.2) is 0 Å². The van der Waals surface area contributed by atoms with Crippen LogP contribution in [0.3, 0.4) is 0 Å². The normalized spacial score (nSPS) is 14.2. The zero-order valence-corrected chi connectivity index (χ0v) is 9.32. The van der Waals surface area contributed by atoms with E-state index in [1.807, 2.05) is 42.7 Å². The number of hydrogen-bond acceptors (Lipinski definition) is 2. The van der Waals surface area contributed by atoms with Gasteiger partial charge in [-0.2, -0.15) is 0 Å². The van der Waals surface area contributed by atoms with Crippen molar-refractivity contribution in [2.75, 3.05) is 12.5 Å². The summed E-state index contributed by atoms with van der Waals surface area (Å²) < 4.78 is 12.1. The maximum atomic E-state index is 11.2. The Labute approximate surface area is 85.7 Å². The highest BCUT2D eigenvalue weighted by Crippen LogP contribution is 2.18.